The van der Waals surface area contributed by atoms with Crippen molar-refractivity contribution in [1.82, 2.24) is 0 Å². The van der Waals surface area contributed by atoms with E-state index in [0.717, 1.165) is 22.6 Å². The zero-order valence-corrected chi connectivity index (χ0v) is 12.4. The Hall–Kier alpha value is -0.850. The summed E-state index contributed by atoms with van der Waals surface area (Å²) in [7, 11) is 0. The molecule has 0 spiro atoms. The monoisotopic (exact) mass is 349 g/mol. The molecule has 19 heavy (non-hydrogen) atoms. The number of alkyl halides is 3. The second-order valence-electron chi connectivity index (χ2n) is 4.18. The molecule has 0 bridgehead atoms. The number of rotatable bonds is 2. The maximum Gasteiger partial charge on any atom is 0.416 e. The van der Waals surface area contributed by atoms with Gasteiger partial charge in [-0.05, 0) is 47.7 Å². The van der Waals surface area contributed by atoms with Crippen LogP contribution in [0.15, 0.2) is 34.1 Å². The van der Waals surface area contributed by atoms with Gasteiger partial charge in [-0.3, -0.25) is 0 Å². The van der Waals surface area contributed by atoms with Crippen LogP contribution in [0.2, 0.25) is 0 Å². The molecule has 0 amide bonds. The normalized spacial score (nSPS) is 13.6. The Morgan fingerprint density at radius 3 is 2.47 bits per heavy atom. The van der Waals surface area contributed by atoms with Crippen LogP contribution < -0.4 is 5.73 Å². The van der Waals surface area contributed by atoms with E-state index in [2.05, 4.69) is 15.9 Å². The van der Waals surface area contributed by atoms with Crippen LogP contribution >= 0.6 is 27.3 Å². The molecule has 0 saturated carbocycles. The standard InChI is InChI=1S/C13H11BrF3NS/c1-7-4-5-19-12(7)11(18)9-6-8(13(15,16)17)2-3-10(9)14/h2-6,11H,18H2,1H3. The molecule has 0 saturated heterocycles. The van der Waals surface area contributed by atoms with E-state index >= 15 is 0 Å². The molecule has 0 aliphatic rings. The molecule has 1 unspecified atom stereocenters. The fraction of sp³-hybridized carbons (Fsp3) is 0.231. The predicted octanol–water partition coefficient (Wildman–Crippen LogP) is 4.89. The Balaban J connectivity index is 2.47. The van der Waals surface area contributed by atoms with Gasteiger partial charge in [-0.1, -0.05) is 15.9 Å². The lowest BCUT2D eigenvalue weighted by Crippen LogP contribution is -2.14. The maximum atomic E-state index is 12.7. The lowest BCUT2D eigenvalue weighted by Gasteiger charge is -2.16. The van der Waals surface area contributed by atoms with Crippen molar-refractivity contribution in [1.29, 1.82) is 0 Å². The fourth-order valence-electron chi connectivity index (χ4n) is 1.80. The number of hydrogen-bond acceptors (Lipinski definition) is 2. The molecule has 0 aliphatic carbocycles. The highest BCUT2D eigenvalue weighted by Gasteiger charge is 2.31. The summed E-state index contributed by atoms with van der Waals surface area (Å²) in [6.07, 6.45) is -4.36. The van der Waals surface area contributed by atoms with Gasteiger partial charge in [0.05, 0.1) is 11.6 Å². The minimum atomic E-state index is -4.36. The topological polar surface area (TPSA) is 26.0 Å². The van der Waals surface area contributed by atoms with E-state index in [9.17, 15) is 13.2 Å². The van der Waals surface area contributed by atoms with Gasteiger partial charge < -0.3 is 5.73 Å². The van der Waals surface area contributed by atoms with Crippen LogP contribution in [0.4, 0.5) is 13.2 Å². The number of nitrogens with two attached hydrogens (primary N) is 1. The van der Waals surface area contributed by atoms with Crippen molar-refractivity contribution in [3.8, 4) is 0 Å². The largest absolute Gasteiger partial charge is 0.416 e. The summed E-state index contributed by atoms with van der Waals surface area (Å²) >= 11 is 4.71. The van der Waals surface area contributed by atoms with E-state index in [1.165, 1.54) is 17.4 Å². The van der Waals surface area contributed by atoms with Crippen LogP contribution in [0, 0.1) is 6.92 Å². The molecule has 0 radical (unpaired) electrons. The van der Waals surface area contributed by atoms with Gasteiger partial charge in [0.1, 0.15) is 0 Å². The van der Waals surface area contributed by atoms with Crippen molar-refractivity contribution in [3.05, 3.63) is 55.7 Å². The van der Waals surface area contributed by atoms with Gasteiger partial charge in [0, 0.05) is 9.35 Å². The van der Waals surface area contributed by atoms with Gasteiger partial charge in [-0.2, -0.15) is 13.2 Å². The summed E-state index contributed by atoms with van der Waals surface area (Å²) in [5, 5.41) is 1.88. The van der Waals surface area contributed by atoms with E-state index in [1.807, 2.05) is 18.4 Å². The molecular weight excluding hydrogens is 339 g/mol. The summed E-state index contributed by atoms with van der Waals surface area (Å²) in [5.41, 5.74) is 6.84. The van der Waals surface area contributed by atoms with Crippen molar-refractivity contribution in [2.45, 2.75) is 19.1 Å². The molecule has 1 nitrogen and oxygen atoms in total. The molecule has 1 aromatic heterocycles. The minimum absolute atomic E-state index is 0.445. The first kappa shape index (κ1) is 14.6. The van der Waals surface area contributed by atoms with Crippen LogP contribution in [-0.2, 0) is 6.18 Å². The third-order valence-corrected chi connectivity index (χ3v) is 4.67. The summed E-state index contributed by atoms with van der Waals surface area (Å²) in [5.74, 6) is 0. The molecule has 1 atom stereocenters. The number of halogens is 4. The van der Waals surface area contributed by atoms with Crippen LogP contribution in [0.5, 0.6) is 0 Å². The van der Waals surface area contributed by atoms with Gasteiger partial charge in [0.25, 0.3) is 0 Å². The Labute approximate surface area is 121 Å². The van der Waals surface area contributed by atoms with E-state index in [0.29, 0.717) is 10.0 Å². The number of thiophene rings is 1. The molecule has 1 heterocycles. The average molecular weight is 350 g/mol. The highest BCUT2D eigenvalue weighted by atomic mass is 79.9. The molecule has 1 aromatic carbocycles. The highest BCUT2D eigenvalue weighted by molar-refractivity contribution is 9.10. The van der Waals surface area contributed by atoms with Crippen molar-refractivity contribution in [2.75, 3.05) is 0 Å². The number of benzene rings is 1. The Kier molecular flexibility index (Phi) is 4.03. The van der Waals surface area contributed by atoms with E-state index in [1.54, 1.807) is 0 Å². The summed E-state index contributed by atoms with van der Waals surface area (Å²) in [6.45, 7) is 1.90. The third-order valence-electron chi connectivity index (χ3n) is 2.84. The SMILES string of the molecule is Cc1ccsc1C(N)c1cc(C(F)(F)F)ccc1Br. The molecule has 6 heteroatoms. The lowest BCUT2D eigenvalue weighted by atomic mass is 10.0. The number of aryl methyl sites for hydroxylation is 1. The lowest BCUT2D eigenvalue weighted by molar-refractivity contribution is -0.137. The van der Waals surface area contributed by atoms with Gasteiger partial charge in [-0.25, -0.2) is 0 Å². The first-order valence-corrected chi connectivity index (χ1v) is 7.14. The van der Waals surface area contributed by atoms with Crippen molar-refractivity contribution >= 4 is 27.3 Å². The molecule has 0 aliphatic heterocycles. The second-order valence-corrected chi connectivity index (χ2v) is 5.98. The van der Waals surface area contributed by atoms with Gasteiger partial charge in [-0.15, -0.1) is 11.3 Å². The smallest absolute Gasteiger partial charge is 0.320 e. The Morgan fingerprint density at radius 1 is 1.26 bits per heavy atom. The summed E-state index contributed by atoms with van der Waals surface area (Å²) in [6, 6.07) is 4.88. The van der Waals surface area contributed by atoms with Crippen LogP contribution in [-0.4, -0.2) is 0 Å². The minimum Gasteiger partial charge on any atom is -0.320 e. The van der Waals surface area contributed by atoms with Gasteiger partial charge in [0.15, 0.2) is 0 Å². The second kappa shape index (κ2) is 5.26. The first-order chi connectivity index (χ1) is 8.80. The summed E-state index contributed by atoms with van der Waals surface area (Å²) in [4.78, 5) is 0.875. The quantitative estimate of drug-likeness (QED) is 0.820. The van der Waals surface area contributed by atoms with Crippen molar-refractivity contribution < 1.29 is 13.2 Å². The fourth-order valence-corrected chi connectivity index (χ4v) is 3.24. The van der Waals surface area contributed by atoms with Gasteiger partial charge >= 0.3 is 6.18 Å². The molecule has 2 N–H and O–H groups in total. The van der Waals surface area contributed by atoms with Crippen LogP contribution in [0.1, 0.15) is 27.6 Å². The predicted molar refractivity (Wildman–Crippen MR) is 74.2 cm³/mol. The van der Waals surface area contributed by atoms with E-state index in [-0.39, 0.29) is 0 Å². The van der Waals surface area contributed by atoms with E-state index < -0.39 is 17.8 Å². The molecule has 2 aromatic rings. The Bertz CT molecular complexity index is 592. The van der Waals surface area contributed by atoms with Crippen LogP contribution in [0.3, 0.4) is 0 Å². The molecule has 102 valence electrons. The molecule has 2 rings (SSSR count). The van der Waals surface area contributed by atoms with Crippen molar-refractivity contribution in [3.63, 3.8) is 0 Å². The van der Waals surface area contributed by atoms with Gasteiger partial charge in [0.2, 0.25) is 0 Å². The first-order valence-electron chi connectivity index (χ1n) is 5.47. The van der Waals surface area contributed by atoms with Crippen LogP contribution in [0.25, 0.3) is 0 Å². The highest BCUT2D eigenvalue weighted by Crippen LogP contribution is 2.36. The summed E-state index contributed by atoms with van der Waals surface area (Å²) < 4.78 is 38.8. The zero-order chi connectivity index (χ0) is 14.2. The van der Waals surface area contributed by atoms with E-state index in [4.69, 9.17) is 5.73 Å². The van der Waals surface area contributed by atoms with Crippen molar-refractivity contribution in [2.24, 2.45) is 5.73 Å². The third kappa shape index (κ3) is 3.01. The maximum absolute atomic E-state index is 12.7. The molecular formula is C13H11BrF3NS. The zero-order valence-electron chi connectivity index (χ0n) is 9.96. The Morgan fingerprint density at radius 2 is 1.95 bits per heavy atom. The number of hydrogen-bond donors (Lipinski definition) is 1. The molecule has 0 fully saturated rings. The average Bonchev–Trinajstić information content (AvgIpc) is 2.73.